The molecular weight excluding hydrogens is 547 g/mol. The summed E-state index contributed by atoms with van der Waals surface area (Å²) in [6.45, 7) is 3.12. The number of para-hydroxylation sites is 1. The molecule has 1 amide bonds. The number of nitrogens with zero attached hydrogens (tertiary/aromatic N) is 5. The molecule has 0 aliphatic carbocycles. The zero-order chi connectivity index (χ0) is 29.9. The molecule has 218 valence electrons. The van der Waals surface area contributed by atoms with Crippen molar-refractivity contribution in [3.8, 4) is 39.7 Å². The standard InChI is InChI=1S/C32H31FN8O2/c1-4-6-29(42)36-22-12-20(16-34-17-22)27-15-25-28(18-35-27)39-40-31(25)32-37-26-8-5-7-24(30(26)38-32)19-11-21(33)14-23(13-19)43-10-9-41(2)3/h5,7-8,11-18H,4,6,9-10H2,1-3H3,(H,36,42)(H,37,38)(H,39,40). The van der Waals surface area contributed by atoms with Crippen molar-refractivity contribution in [2.45, 2.75) is 19.8 Å². The summed E-state index contributed by atoms with van der Waals surface area (Å²) < 4.78 is 20.5. The number of ether oxygens (including phenoxy) is 1. The van der Waals surface area contributed by atoms with E-state index in [1.54, 1.807) is 18.6 Å². The van der Waals surface area contributed by atoms with Crippen LogP contribution in [-0.4, -0.2) is 68.2 Å². The van der Waals surface area contributed by atoms with Crippen molar-refractivity contribution in [3.05, 3.63) is 72.9 Å². The number of fused-ring (bicyclic) bond motifs is 2. The van der Waals surface area contributed by atoms with Crippen LogP contribution in [0, 0.1) is 5.82 Å². The number of benzene rings is 2. The molecule has 3 N–H and O–H groups in total. The Morgan fingerprint density at radius 3 is 2.77 bits per heavy atom. The molecule has 0 bridgehead atoms. The van der Waals surface area contributed by atoms with E-state index in [1.165, 1.54) is 12.1 Å². The van der Waals surface area contributed by atoms with Crippen LogP contribution in [0.5, 0.6) is 5.75 Å². The number of carbonyl (C=O) groups is 1. The minimum absolute atomic E-state index is 0.0578. The van der Waals surface area contributed by atoms with Crippen LogP contribution in [0.4, 0.5) is 10.1 Å². The molecule has 0 atom stereocenters. The third-order valence-electron chi connectivity index (χ3n) is 6.97. The van der Waals surface area contributed by atoms with Crippen molar-refractivity contribution in [3.63, 3.8) is 0 Å². The number of hydrogen-bond donors (Lipinski definition) is 3. The van der Waals surface area contributed by atoms with Gasteiger partial charge in [-0.3, -0.25) is 19.9 Å². The fourth-order valence-corrected chi connectivity index (χ4v) is 4.88. The molecule has 0 radical (unpaired) electrons. The molecule has 6 aromatic rings. The highest BCUT2D eigenvalue weighted by Crippen LogP contribution is 2.34. The van der Waals surface area contributed by atoms with E-state index >= 15 is 0 Å². The Kier molecular flexibility index (Phi) is 7.80. The van der Waals surface area contributed by atoms with Crippen molar-refractivity contribution in [1.29, 1.82) is 0 Å². The van der Waals surface area contributed by atoms with Crippen LogP contribution >= 0.6 is 0 Å². The zero-order valence-electron chi connectivity index (χ0n) is 24.1. The minimum atomic E-state index is -0.382. The fraction of sp³-hybridized carbons (Fsp3) is 0.219. The Balaban J connectivity index is 1.35. The van der Waals surface area contributed by atoms with E-state index in [-0.39, 0.29) is 11.7 Å². The molecule has 0 unspecified atom stereocenters. The van der Waals surface area contributed by atoms with E-state index in [1.807, 2.05) is 62.3 Å². The average molecular weight is 579 g/mol. The molecule has 10 nitrogen and oxygen atoms in total. The van der Waals surface area contributed by atoms with Gasteiger partial charge in [0.25, 0.3) is 0 Å². The van der Waals surface area contributed by atoms with Crippen LogP contribution in [0.2, 0.25) is 0 Å². The summed E-state index contributed by atoms with van der Waals surface area (Å²) >= 11 is 0. The predicted molar refractivity (Wildman–Crippen MR) is 165 cm³/mol. The van der Waals surface area contributed by atoms with Crippen LogP contribution < -0.4 is 10.1 Å². The van der Waals surface area contributed by atoms with Gasteiger partial charge in [0, 0.05) is 41.7 Å². The normalized spacial score (nSPS) is 11.5. The lowest BCUT2D eigenvalue weighted by Gasteiger charge is -2.12. The van der Waals surface area contributed by atoms with Gasteiger partial charge in [-0.1, -0.05) is 19.1 Å². The Morgan fingerprint density at radius 2 is 1.93 bits per heavy atom. The highest BCUT2D eigenvalue weighted by Gasteiger charge is 2.17. The Morgan fingerprint density at radius 1 is 1.05 bits per heavy atom. The second kappa shape index (κ2) is 12.0. The highest BCUT2D eigenvalue weighted by molar-refractivity contribution is 5.98. The third kappa shape index (κ3) is 6.07. The van der Waals surface area contributed by atoms with Gasteiger partial charge in [0.15, 0.2) is 5.82 Å². The molecule has 4 heterocycles. The lowest BCUT2D eigenvalue weighted by atomic mass is 10.0. The van der Waals surface area contributed by atoms with Crippen molar-refractivity contribution in [2.24, 2.45) is 0 Å². The number of rotatable bonds is 10. The Hall–Kier alpha value is -5.16. The van der Waals surface area contributed by atoms with Gasteiger partial charge in [-0.05, 0) is 56.4 Å². The van der Waals surface area contributed by atoms with Crippen molar-refractivity contribution >= 4 is 33.5 Å². The molecule has 0 saturated carbocycles. The molecule has 6 rings (SSSR count). The monoisotopic (exact) mass is 578 g/mol. The van der Waals surface area contributed by atoms with Gasteiger partial charge in [0.05, 0.1) is 40.3 Å². The number of nitrogens with one attached hydrogen (secondary N) is 3. The number of H-pyrrole nitrogens is 2. The SMILES string of the molecule is CCCC(=O)Nc1cncc(-c2cc3c(-c4nc5c(-c6cc(F)cc(OCCN(C)C)c6)cccc5[nH]4)n[nH]c3cn2)c1. The first-order chi connectivity index (χ1) is 20.9. The molecule has 11 heteroatoms. The number of anilines is 1. The van der Waals surface area contributed by atoms with Crippen LogP contribution in [0.25, 0.3) is 55.8 Å². The molecule has 2 aromatic carbocycles. The lowest BCUT2D eigenvalue weighted by molar-refractivity contribution is -0.116. The van der Waals surface area contributed by atoms with E-state index in [0.717, 1.165) is 40.5 Å². The number of hydrogen-bond acceptors (Lipinski definition) is 7. The zero-order valence-corrected chi connectivity index (χ0v) is 24.1. The number of carbonyl (C=O) groups excluding carboxylic acids is 1. The maximum atomic E-state index is 14.6. The first-order valence-electron chi connectivity index (χ1n) is 14.0. The van der Waals surface area contributed by atoms with Crippen LogP contribution in [-0.2, 0) is 4.79 Å². The number of aromatic amines is 2. The van der Waals surface area contributed by atoms with E-state index in [4.69, 9.17) is 9.72 Å². The maximum Gasteiger partial charge on any atom is 0.224 e. The van der Waals surface area contributed by atoms with E-state index in [9.17, 15) is 9.18 Å². The number of aromatic nitrogens is 6. The summed E-state index contributed by atoms with van der Waals surface area (Å²) in [6.07, 6.45) is 6.23. The third-order valence-corrected chi connectivity index (χ3v) is 6.97. The smallest absolute Gasteiger partial charge is 0.224 e. The molecule has 0 spiro atoms. The number of imidazole rings is 1. The molecule has 0 aliphatic rings. The van der Waals surface area contributed by atoms with Gasteiger partial charge >= 0.3 is 0 Å². The summed E-state index contributed by atoms with van der Waals surface area (Å²) in [7, 11) is 3.92. The van der Waals surface area contributed by atoms with Crippen LogP contribution in [0.1, 0.15) is 19.8 Å². The predicted octanol–water partition coefficient (Wildman–Crippen LogP) is 6.05. The highest BCUT2D eigenvalue weighted by atomic mass is 19.1. The van der Waals surface area contributed by atoms with E-state index in [0.29, 0.717) is 52.8 Å². The van der Waals surface area contributed by atoms with Crippen molar-refractivity contribution in [1.82, 2.24) is 35.0 Å². The number of amides is 1. The molecule has 0 aliphatic heterocycles. The van der Waals surface area contributed by atoms with E-state index < -0.39 is 0 Å². The summed E-state index contributed by atoms with van der Waals surface area (Å²) in [5.41, 5.74) is 6.31. The summed E-state index contributed by atoms with van der Waals surface area (Å²) in [5.74, 6) is 0.583. The van der Waals surface area contributed by atoms with Crippen molar-refractivity contribution in [2.75, 3.05) is 32.6 Å². The fourth-order valence-electron chi connectivity index (χ4n) is 4.88. The van der Waals surface area contributed by atoms with Crippen LogP contribution in [0.15, 0.2) is 67.1 Å². The van der Waals surface area contributed by atoms with E-state index in [2.05, 4.69) is 30.5 Å². The Bertz CT molecular complexity index is 1930. The molecular formula is C32H31FN8O2. The van der Waals surface area contributed by atoms with Gasteiger partial charge in [0.2, 0.25) is 5.91 Å². The van der Waals surface area contributed by atoms with Gasteiger partial charge in [-0.25, -0.2) is 9.37 Å². The van der Waals surface area contributed by atoms with Gasteiger partial charge < -0.3 is 19.9 Å². The topological polar surface area (TPSA) is 125 Å². The Labute approximate surface area is 247 Å². The molecule has 0 saturated heterocycles. The summed E-state index contributed by atoms with van der Waals surface area (Å²) in [5, 5.41) is 11.3. The average Bonchev–Trinajstić information content (AvgIpc) is 3.60. The lowest BCUT2D eigenvalue weighted by Crippen LogP contribution is -2.19. The first-order valence-corrected chi connectivity index (χ1v) is 14.0. The first kappa shape index (κ1) is 28.0. The van der Waals surface area contributed by atoms with Gasteiger partial charge in [-0.2, -0.15) is 5.10 Å². The second-order valence-electron chi connectivity index (χ2n) is 10.6. The molecule has 4 aromatic heterocycles. The maximum absolute atomic E-state index is 14.6. The van der Waals surface area contributed by atoms with Gasteiger partial charge in [0.1, 0.15) is 23.9 Å². The van der Waals surface area contributed by atoms with Gasteiger partial charge in [-0.15, -0.1) is 0 Å². The summed E-state index contributed by atoms with van der Waals surface area (Å²) in [6, 6.07) is 14.2. The molecule has 0 fully saturated rings. The quantitative estimate of drug-likeness (QED) is 0.181. The largest absolute Gasteiger partial charge is 0.492 e. The molecule has 43 heavy (non-hydrogen) atoms. The minimum Gasteiger partial charge on any atom is -0.492 e. The second-order valence-corrected chi connectivity index (χ2v) is 10.6. The number of halogens is 1. The number of likely N-dealkylation sites (N-methyl/N-ethyl adjacent to an activating group) is 1. The van der Waals surface area contributed by atoms with Crippen molar-refractivity contribution < 1.29 is 13.9 Å². The number of pyridine rings is 2. The van der Waals surface area contributed by atoms with Crippen LogP contribution in [0.3, 0.4) is 0 Å². The summed E-state index contributed by atoms with van der Waals surface area (Å²) in [4.78, 5) is 31.2.